The molecule has 2 heterocycles. The number of Topliss-reactive ketones (excluding diaryl/α,β-unsaturated/α-hetero) is 2. The monoisotopic (exact) mass is 414 g/mol. The van der Waals surface area contributed by atoms with Crippen LogP contribution in [0.15, 0.2) is 63.6 Å². The van der Waals surface area contributed by atoms with Gasteiger partial charge in [0.05, 0.1) is 15.4 Å². The van der Waals surface area contributed by atoms with Gasteiger partial charge in [0.2, 0.25) is 21.4 Å². The van der Waals surface area contributed by atoms with Crippen LogP contribution in [-0.2, 0) is 9.84 Å². The van der Waals surface area contributed by atoms with E-state index in [9.17, 15) is 18.0 Å². The number of nitrogens with zero attached hydrogens (tertiary/aromatic N) is 2. The average Bonchev–Trinajstić information content (AvgIpc) is 3.57. The highest BCUT2D eigenvalue weighted by molar-refractivity contribution is 7.91. The van der Waals surface area contributed by atoms with Crippen molar-refractivity contribution in [2.45, 2.75) is 9.79 Å². The summed E-state index contributed by atoms with van der Waals surface area (Å²) in [5.41, 5.74) is 0.840. The molecule has 0 spiro atoms. The minimum Gasteiger partial charge on any atom is -0.363 e. The molecule has 0 amide bonds. The second-order valence-electron chi connectivity index (χ2n) is 6.97. The number of hydrogen-bond acceptors (Lipinski definition) is 6. The van der Waals surface area contributed by atoms with Crippen molar-refractivity contribution < 1.29 is 18.0 Å². The molecule has 0 saturated carbocycles. The van der Waals surface area contributed by atoms with Crippen molar-refractivity contribution in [2.75, 3.05) is 26.2 Å². The van der Waals surface area contributed by atoms with E-state index >= 15 is 0 Å². The quantitative estimate of drug-likeness (QED) is 0.715. The van der Waals surface area contributed by atoms with Gasteiger partial charge in [-0.15, -0.1) is 0 Å². The number of hydrogen-bond donors (Lipinski definition) is 0. The largest absolute Gasteiger partial charge is 0.363 e. The zero-order valence-corrected chi connectivity index (χ0v) is 16.3. The molecule has 0 atom stereocenters. The molecule has 0 radical (unpaired) electrons. The lowest BCUT2D eigenvalue weighted by Gasteiger charge is -2.24. The molecule has 0 N–H and O–H groups in total. The predicted molar refractivity (Wildman–Crippen MR) is 102 cm³/mol. The minimum absolute atomic E-state index is 0.0274. The molecular weight excluding hydrogens is 400 g/mol. The number of carbonyl (C=O) groups excluding carboxylic acids is 2. The van der Waals surface area contributed by atoms with Crippen LogP contribution in [0.3, 0.4) is 0 Å². The lowest BCUT2D eigenvalue weighted by Crippen LogP contribution is -2.30. The van der Waals surface area contributed by atoms with Gasteiger partial charge in [-0.2, -0.15) is 0 Å². The minimum atomic E-state index is -3.99. The maximum absolute atomic E-state index is 13.4. The zero-order valence-electron chi connectivity index (χ0n) is 14.7. The number of ketones is 2. The topological polar surface area (TPSA) is 74.3 Å². The molecule has 3 aliphatic rings. The Morgan fingerprint density at radius 2 is 1.36 bits per heavy atom. The lowest BCUT2D eigenvalue weighted by atomic mass is 9.90. The van der Waals surface area contributed by atoms with Crippen molar-refractivity contribution >= 4 is 33.0 Å². The number of rotatable bonds is 4. The fraction of sp³-hybridized carbons (Fsp3) is 0.200. The van der Waals surface area contributed by atoms with E-state index in [4.69, 9.17) is 11.6 Å². The summed E-state index contributed by atoms with van der Waals surface area (Å²) < 4.78 is 26.5. The Kier molecular flexibility index (Phi) is 3.70. The highest BCUT2D eigenvalue weighted by Crippen LogP contribution is 2.38. The Hall–Kier alpha value is -2.64. The van der Waals surface area contributed by atoms with Crippen molar-refractivity contribution in [3.05, 3.63) is 70.0 Å². The molecule has 2 aromatic carbocycles. The summed E-state index contributed by atoms with van der Waals surface area (Å²) in [6.07, 6.45) is 0. The van der Waals surface area contributed by atoms with Crippen LogP contribution in [0.1, 0.15) is 20.7 Å². The van der Waals surface area contributed by atoms with Gasteiger partial charge in [0.15, 0.2) is 0 Å². The van der Waals surface area contributed by atoms with Crippen molar-refractivity contribution in [3.8, 4) is 0 Å². The molecule has 8 heteroatoms. The Labute approximate surface area is 166 Å². The molecule has 28 heavy (non-hydrogen) atoms. The van der Waals surface area contributed by atoms with E-state index in [1.54, 1.807) is 0 Å². The summed E-state index contributed by atoms with van der Waals surface area (Å²) >= 11 is 5.87. The first kappa shape index (κ1) is 17.5. The molecule has 0 bridgehead atoms. The van der Waals surface area contributed by atoms with Gasteiger partial charge in [0, 0.05) is 36.8 Å². The first-order valence-electron chi connectivity index (χ1n) is 8.87. The van der Waals surface area contributed by atoms with E-state index in [-0.39, 0.29) is 26.7 Å². The van der Waals surface area contributed by atoms with E-state index in [1.807, 2.05) is 9.80 Å². The van der Waals surface area contributed by atoms with Crippen LogP contribution in [-0.4, -0.2) is 56.0 Å². The summed E-state index contributed by atoms with van der Waals surface area (Å²) in [5.74, 6) is -0.690. The summed E-state index contributed by atoms with van der Waals surface area (Å²) in [6, 6.07) is 10.2. The van der Waals surface area contributed by atoms with E-state index in [0.29, 0.717) is 29.5 Å². The Morgan fingerprint density at radius 1 is 0.786 bits per heavy atom. The van der Waals surface area contributed by atoms with Crippen molar-refractivity contribution in [2.24, 2.45) is 0 Å². The van der Waals surface area contributed by atoms with Gasteiger partial charge >= 0.3 is 0 Å². The van der Waals surface area contributed by atoms with Crippen LogP contribution in [0.4, 0.5) is 0 Å². The summed E-state index contributed by atoms with van der Waals surface area (Å²) in [7, 11) is -3.99. The molecule has 0 unspecified atom stereocenters. The molecule has 5 rings (SSSR count). The second-order valence-corrected chi connectivity index (χ2v) is 9.32. The summed E-state index contributed by atoms with van der Waals surface area (Å²) in [4.78, 5) is 30.1. The maximum atomic E-state index is 13.4. The molecule has 2 aromatic rings. The van der Waals surface area contributed by atoms with Gasteiger partial charge < -0.3 is 9.80 Å². The van der Waals surface area contributed by atoms with Crippen LogP contribution < -0.4 is 0 Å². The van der Waals surface area contributed by atoms with Gasteiger partial charge in [-0.1, -0.05) is 23.7 Å². The normalized spacial score (nSPS) is 18.5. The lowest BCUT2D eigenvalue weighted by molar-refractivity contribution is 0.0943. The van der Waals surface area contributed by atoms with Gasteiger partial charge in [0.25, 0.3) is 0 Å². The Bertz CT molecular complexity index is 1180. The van der Waals surface area contributed by atoms with E-state index < -0.39 is 15.6 Å². The molecule has 2 aliphatic heterocycles. The molecule has 2 saturated heterocycles. The fourth-order valence-corrected chi connectivity index (χ4v) is 5.12. The first-order chi connectivity index (χ1) is 13.4. The number of sulfone groups is 1. The predicted octanol–water partition coefficient (Wildman–Crippen LogP) is 2.39. The van der Waals surface area contributed by atoms with Gasteiger partial charge in [0.1, 0.15) is 11.4 Å². The zero-order chi connectivity index (χ0) is 19.6. The summed E-state index contributed by atoms with van der Waals surface area (Å²) in [5, 5.41) is 0.412. The highest BCUT2D eigenvalue weighted by atomic mass is 35.5. The molecule has 2 fully saturated rings. The van der Waals surface area contributed by atoms with Crippen LogP contribution >= 0.6 is 11.6 Å². The van der Waals surface area contributed by atoms with Gasteiger partial charge in [-0.3, -0.25) is 9.59 Å². The average molecular weight is 415 g/mol. The number of benzene rings is 2. The standard InChI is InChI=1S/C20H15ClN2O4S/c21-12-4-6-13(7-5-12)28(26,27)15-3-1-2-14-16(15)20(25)18(23-10-11-23)17(19(14)24)22-8-9-22/h1-7H,8-11H2. The fourth-order valence-electron chi connectivity index (χ4n) is 3.51. The smallest absolute Gasteiger partial charge is 0.213 e. The van der Waals surface area contributed by atoms with Crippen molar-refractivity contribution in [1.82, 2.24) is 9.80 Å². The van der Waals surface area contributed by atoms with E-state index in [2.05, 4.69) is 0 Å². The molecule has 0 aromatic heterocycles. The molecule has 1 aliphatic carbocycles. The van der Waals surface area contributed by atoms with Crippen molar-refractivity contribution in [1.29, 1.82) is 0 Å². The maximum Gasteiger partial charge on any atom is 0.213 e. The van der Waals surface area contributed by atoms with Crippen molar-refractivity contribution in [3.63, 3.8) is 0 Å². The molecule has 142 valence electrons. The number of carbonyl (C=O) groups is 2. The third-order valence-electron chi connectivity index (χ3n) is 5.09. The number of allylic oxidation sites excluding steroid dienone is 2. The molecule has 6 nitrogen and oxygen atoms in total. The highest BCUT2D eigenvalue weighted by Gasteiger charge is 2.45. The third-order valence-corrected chi connectivity index (χ3v) is 7.16. The van der Waals surface area contributed by atoms with E-state index in [0.717, 1.165) is 13.1 Å². The Morgan fingerprint density at radius 3 is 1.93 bits per heavy atom. The Balaban J connectivity index is 1.72. The van der Waals surface area contributed by atoms with Crippen LogP contribution in [0.25, 0.3) is 0 Å². The first-order valence-corrected chi connectivity index (χ1v) is 10.7. The SMILES string of the molecule is O=C1C(N2CC2)=C(N2CC2)C(=O)c2c1cccc2S(=O)(=O)c1ccc(Cl)cc1. The second kappa shape index (κ2) is 5.93. The van der Waals surface area contributed by atoms with Gasteiger partial charge in [-0.25, -0.2) is 8.42 Å². The number of halogens is 1. The summed E-state index contributed by atoms with van der Waals surface area (Å²) in [6.45, 7) is 2.83. The van der Waals surface area contributed by atoms with Crippen LogP contribution in [0.5, 0.6) is 0 Å². The van der Waals surface area contributed by atoms with Gasteiger partial charge in [-0.05, 0) is 30.3 Å². The van der Waals surface area contributed by atoms with Crippen LogP contribution in [0, 0.1) is 0 Å². The molecular formula is C20H15ClN2O4S. The third kappa shape index (κ3) is 2.57. The van der Waals surface area contributed by atoms with Crippen LogP contribution in [0.2, 0.25) is 5.02 Å². The number of fused-ring (bicyclic) bond motifs is 1. The van der Waals surface area contributed by atoms with E-state index in [1.165, 1.54) is 42.5 Å².